The van der Waals surface area contributed by atoms with Crippen molar-refractivity contribution >= 4 is 22.6 Å². The van der Waals surface area contributed by atoms with Crippen LogP contribution in [0.15, 0.2) is 60.8 Å². The van der Waals surface area contributed by atoms with E-state index in [2.05, 4.69) is 15.4 Å². The summed E-state index contributed by atoms with van der Waals surface area (Å²) in [4.78, 5) is 15.6. The number of amides is 1. The van der Waals surface area contributed by atoms with Gasteiger partial charge in [-0.25, -0.2) is 4.39 Å². The second kappa shape index (κ2) is 7.68. The molecule has 5 nitrogen and oxygen atoms in total. The zero-order valence-corrected chi connectivity index (χ0v) is 15.6. The highest BCUT2D eigenvalue weighted by atomic mass is 19.1. The van der Waals surface area contributed by atoms with Crippen molar-refractivity contribution in [3.05, 3.63) is 83.4 Å². The Hall–Kier alpha value is -3.41. The summed E-state index contributed by atoms with van der Waals surface area (Å²) in [5.74, 6) is 0.125. The maximum Gasteiger partial charge on any atom is 0.225 e. The van der Waals surface area contributed by atoms with Crippen LogP contribution in [0.2, 0.25) is 0 Å². The number of nitrogens with one attached hydrogen (secondary N) is 2. The quantitative estimate of drug-likeness (QED) is 0.523. The number of carbonyl (C=O) groups is 1. The lowest BCUT2D eigenvalue weighted by Crippen LogP contribution is -2.13. The highest BCUT2D eigenvalue weighted by molar-refractivity contribution is 5.90. The van der Waals surface area contributed by atoms with E-state index in [1.165, 1.54) is 6.07 Å². The van der Waals surface area contributed by atoms with E-state index in [9.17, 15) is 9.18 Å². The van der Waals surface area contributed by atoms with Crippen LogP contribution in [0.3, 0.4) is 0 Å². The lowest BCUT2D eigenvalue weighted by Gasteiger charge is -2.05. The molecule has 2 aromatic carbocycles. The van der Waals surface area contributed by atoms with Gasteiger partial charge in [0.1, 0.15) is 5.82 Å². The van der Waals surface area contributed by atoms with Crippen LogP contribution in [0.4, 0.5) is 10.2 Å². The van der Waals surface area contributed by atoms with Gasteiger partial charge in [0.25, 0.3) is 0 Å². The summed E-state index contributed by atoms with van der Waals surface area (Å²) >= 11 is 0. The molecule has 0 atom stereocenters. The fraction of sp³-hybridized carbons (Fsp3) is 0.182. The van der Waals surface area contributed by atoms with Gasteiger partial charge in [-0.05, 0) is 31.0 Å². The molecule has 0 aliphatic heterocycles. The molecule has 0 unspecified atom stereocenters. The van der Waals surface area contributed by atoms with E-state index in [-0.39, 0.29) is 11.7 Å². The third kappa shape index (κ3) is 3.81. The van der Waals surface area contributed by atoms with E-state index in [0.29, 0.717) is 30.8 Å². The predicted octanol–water partition coefficient (Wildman–Crippen LogP) is 4.43. The number of halogens is 1. The van der Waals surface area contributed by atoms with Gasteiger partial charge in [0.2, 0.25) is 5.91 Å². The van der Waals surface area contributed by atoms with Crippen molar-refractivity contribution in [2.75, 3.05) is 5.32 Å². The lowest BCUT2D eigenvalue weighted by molar-refractivity contribution is -0.116. The van der Waals surface area contributed by atoms with Crippen LogP contribution in [0.1, 0.15) is 23.2 Å². The zero-order chi connectivity index (χ0) is 19.5. The minimum Gasteiger partial charge on any atom is -0.361 e. The molecule has 2 heterocycles. The van der Waals surface area contributed by atoms with Gasteiger partial charge in [-0.3, -0.25) is 9.48 Å². The normalized spacial score (nSPS) is 11.1. The number of fused-ring (bicyclic) bond motifs is 1. The highest BCUT2D eigenvalue weighted by Crippen LogP contribution is 2.19. The number of aromatic nitrogens is 3. The van der Waals surface area contributed by atoms with Gasteiger partial charge < -0.3 is 10.3 Å². The van der Waals surface area contributed by atoms with Gasteiger partial charge in [0.15, 0.2) is 5.82 Å². The number of nitrogens with zero attached hydrogens (tertiary/aromatic N) is 2. The molecular weight excluding hydrogens is 355 g/mol. The fourth-order valence-corrected chi connectivity index (χ4v) is 3.31. The molecule has 28 heavy (non-hydrogen) atoms. The Morgan fingerprint density at radius 3 is 2.79 bits per heavy atom. The molecule has 0 spiro atoms. The van der Waals surface area contributed by atoms with Crippen LogP contribution >= 0.6 is 0 Å². The third-order valence-electron chi connectivity index (χ3n) is 4.82. The second-order valence-electron chi connectivity index (χ2n) is 6.83. The summed E-state index contributed by atoms with van der Waals surface area (Å²) in [5.41, 5.74) is 3.61. The molecule has 1 amide bonds. The van der Waals surface area contributed by atoms with Crippen molar-refractivity contribution in [1.82, 2.24) is 14.8 Å². The van der Waals surface area contributed by atoms with E-state index in [1.54, 1.807) is 28.9 Å². The number of para-hydroxylation sites is 1. The molecule has 2 aromatic heterocycles. The summed E-state index contributed by atoms with van der Waals surface area (Å²) in [7, 11) is 0. The lowest BCUT2D eigenvalue weighted by atomic mass is 10.1. The number of hydrogen-bond acceptors (Lipinski definition) is 2. The van der Waals surface area contributed by atoms with E-state index in [1.807, 2.05) is 37.4 Å². The average molecular weight is 376 g/mol. The Labute approximate surface area is 162 Å². The number of carbonyl (C=O) groups excluding carboxylic acids is 1. The van der Waals surface area contributed by atoms with Crippen molar-refractivity contribution in [2.24, 2.45) is 0 Å². The Bertz CT molecular complexity index is 1130. The Kier molecular flexibility index (Phi) is 4.93. The Balaban J connectivity index is 1.39. The molecule has 0 saturated carbocycles. The van der Waals surface area contributed by atoms with E-state index >= 15 is 0 Å². The number of rotatable bonds is 6. The van der Waals surface area contributed by atoms with Crippen LogP contribution in [0.5, 0.6) is 0 Å². The predicted molar refractivity (Wildman–Crippen MR) is 108 cm³/mol. The highest BCUT2D eigenvalue weighted by Gasteiger charge is 2.11. The summed E-state index contributed by atoms with van der Waals surface area (Å²) in [6, 6.07) is 16.5. The number of aryl methyl sites for hydroxylation is 2. The van der Waals surface area contributed by atoms with Crippen LogP contribution in [0.25, 0.3) is 10.9 Å². The van der Waals surface area contributed by atoms with Gasteiger partial charge in [-0.2, -0.15) is 5.10 Å². The molecular formula is C22H21FN4O. The molecule has 0 radical (unpaired) electrons. The smallest absolute Gasteiger partial charge is 0.225 e. The topological polar surface area (TPSA) is 62.7 Å². The molecule has 2 N–H and O–H groups in total. The van der Waals surface area contributed by atoms with Crippen molar-refractivity contribution < 1.29 is 9.18 Å². The number of benzene rings is 2. The maximum atomic E-state index is 13.9. The SMILES string of the molecule is Cc1cc(NC(=O)CCc2c[nH]c3ccccc23)nn1Cc1ccccc1F. The van der Waals surface area contributed by atoms with E-state index in [0.717, 1.165) is 22.2 Å². The van der Waals surface area contributed by atoms with Gasteiger partial charge in [-0.15, -0.1) is 0 Å². The van der Waals surface area contributed by atoms with Crippen molar-refractivity contribution in [3.63, 3.8) is 0 Å². The largest absolute Gasteiger partial charge is 0.361 e. The van der Waals surface area contributed by atoms with Gasteiger partial charge in [-0.1, -0.05) is 36.4 Å². The van der Waals surface area contributed by atoms with Gasteiger partial charge >= 0.3 is 0 Å². The molecule has 0 bridgehead atoms. The first-order valence-electron chi connectivity index (χ1n) is 9.23. The van der Waals surface area contributed by atoms with E-state index < -0.39 is 0 Å². The van der Waals surface area contributed by atoms with Crippen LogP contribution in [0, 0.1) is 12.7 Å². The zero-order valence-electron chi connectivity index (χ0n) is 15.6. The first kappa shape index (κ1) is 18.0. The standard InChI is InChI=1S/C22H21FN4O/c1-15-12-21(26-27(15)14-17-6-2-4-8-19(17)23)25-22(28)11-10-16-13-24-20-9-5-3-7-18(16)20/h2-9,12-13,24H,10-11,14H2,1H3,(H,25,26,28). The molecule has 6 heteroatoms. The summed E-state index contributed by atoms with van der Waals surface area (Å²) in [6.45, 7) is 2.21. The molecule has 0 aliphatic rings. The molecule has 0 aliphatic carbocycles. The number of hydrogen-bond donors (Lipinski definition) is 2. The number of anilines is 1. The van der Waals surface area contributed by atoms with Crippen LogP contribution < -0.4 is 5.32 Å². The first-order valence-corrected chi connectivity index (χ1v) is 9.23. The number of aromatic amines is 1. The maximum absolute atomic E-state index is 13.9. The summed E-state index contributed by atoms with van der Waals surface area (Å²) in [5, 5.41) is 8.37. The average Bonchev–Trinajstić information content (AvgIpc) is 3.25. The van der Waals surface area contributed by atoms with Crippen LogP contribution in [-0.4, -0.2) is 20.7 Å². The summed E-state index contributed by atoms with van der Waals surface area (Å²) < 4.78 is 15.5. The summed E-state index contributed by atoms with van der Waals surface area (Å²) in [6.07, 6.45) is 2.96. The van der Waals surface area contributed by atoms with Crippen LogP contribution in [-0.2, 0) is 17.8 Å². The van der Waals surface area contributed by atoms with Gasteiger partial charge in [0.05, 0.1) is 6.54 Å². The Morgan fingerprint density at radius 2 is 1.93 bits per heavy atom. The monoisotopic (exact) mass is 376 g/mol. The second-order valence-corrected chi connectivity index (χ2v) is 6.83. The Morgan fingerprint density at radius 1 is 1.14 bits per heavy atom. The molecule has 4 aromatic rings. The molecule has 142 valence electrons. The third-order valence-corrected chi connectivity index (χ3v) is 4.82. The fourth-order valence-electron chi connectivity index (χ4n) is 3.31. The van der Waals surface area contributed by atoms with Crippen molar-refractivity contribution in [3.8, 4) is 0 Å². The van der Waals surface area contributed by atoms with Gasteiger partial charge in [0, 0.05) is 40.8 Å². The number of H-pyrrole nitrogens is 1. The first-order chi connectivity index (χ1) is 13.6. The molecule has 0 saturated heterocycles. The minimum atomic E-state index is -0.262. The molecule has 0 fully saturated rings. The van der Waals surface area contributed by atoms with E-state index in [4.69, 9.17) is 0 Å². The molecule has 4 rings (SSSR count). The van der Waals surface area contributed by atoms with Crippen molar-refractivity contribution in [2.45, 2.75) is 26.3 Å². The van der Waals surface area contributed by atoms with Crippen molar-refractivity contribution in [1.29, 1.82) is 0 Å². The minimum absolute atomic E-state index is 0.0965.